The maximum atomic E-state index is 14.4. The number of hydroxylamine groups is 2. The van der Waals surface area contributed by atoms with E-state index >= 15 is 0 Å². The predicted molar refractivity (Wildman–Crippen MR) is 269 cm³/mol. The van der Waals surface area contributed by atoms with Crippen molar-refractivity contribution < 1.29 is 62.1 Å². The highest BCUT2D eigenvalue weighted by atomic mass is 16.7. The number of nitrogens with one attached hydrogen (secondary N) is 1. The van der Waals surface area contributed by atoms with Crippen molar-refractivity contribution in [2.75, 3.05) is 39.3 Å². The zero-order chi connectivity index (χ0) is 52.3. The Hall–Kier alpha value is -8.02. The Bertz CT molecular complexity index is 2480. The van der Waals surface area contributed by atoms with Gasteiger partial charge in [-0.15, -0.1) is 5.06 Å². The maximum Gasteiger partial charge on any atom is 0.333 e. The normalized spacial score (nSPS) is 12.6. The van der Waals surface area contributed by atoms with Crippen molar-refractivity contribution in [1.29, 1.82) is 0 Å². The minimum absolute atomic E-state index is 0.00569. The lowest BCUT2D eigenvalue weighted by Crippen LogP contribution is -2.51. The van der Waals surface area contributed by atoms with Crippen LogP contribution in [0.2, 0.25) is 0 Å². The molecule has 0 radical (unpaired) electrons. The van der Waals surface area contributed by atoms with Crippen LogP contribution >= 0.6 is 0 Å². The van der Waals surface area contributed by atoms with Crippen molar-refractivity contribution in [3.8, 4) is 0 Å². The Balaban J connectivity index is 1.21. The minimum Gasteiger partial charge on any atom is -0.460 e. The van der Waals surface area contributed by atoms with Crippen LogP contribution in [-0.2, 0) is 82.0 Å². The molecule has 3 amide bonds. The van der Waals surface area contributed by atoms with Gasteiger partial charge in [-0.2, -0.15) is 0 Å². The number of nitrogens with zero attached hydrogens (tertiary/aromatic N) is 3. The average molecular weight is 1010 g/mol. The van der Waals surface area contributed by atoms with Crippen LogP contribution in [0.4, 0.5) is 0 Å². The molecule has 0 aromatic heterocycles. The molecule has 5 aromatic carbocycles. The van der Waals surface area contributed by atoms with Gasteiger partial charge in [-0.25, -0.2) is 4.79 Å². The number of carbonyl (C=O) groups is 8. The summed E-state index contributed by atoms with van der Waals surface area (Å²) >= 11 is 0. The van der Waals surface area contributed by atoms with Gasteiger partial charge in [0, 0.05) is 44.8 Å². The Morgan fingerprint density at radius 3 is 1.41 bits per heavy atom. The number of rotatable bonds is 30. The number of carbonyl (C=O) groups excluding carboxylic acids is 8. The monoisotopic (exact) mass is 1010 g/mol. The van der Waals surface area contributed by atoms with Gasteiger partial charge in [-0.1, -0.05) is 158 Å². The number of hydrogen-bond donors (Lipinski definition) is 1. The van der Waals surface area contributed by atoms with E-state index < -0.39 is 80.0 Å². The van der Waals surface area contributed by atoms with Gasteiger partial charge < -0.3 is 29.1 Å². The highest BCUT2D eigenvalue weighted by molar-refractivity contribution is 6.01. The molecule has 1 fully saturated rings. The molecule has 0 bridgehead atoms. The molecule has 1 aliphatic heterocycles. The van der Waals surface area contributed by atoms with Crippen molar-refractivity contribution in [2.24, 2.45) is 0 Å². The van der Waals surface area contributed by atoms with Gasteiger partial charge in [-0.3, -0.25) is 43.4 Å². The quantitative estimate of drug-likeness (QED) is 0.0223. The molecule has 1 N–H and O–H groups in total. The summed E-state index contributed by atoms with van der Waals surface area (Å²) in [6.45, 7) is -1.69. The first-order valence-corrected chi connectivity index (χ1v) is 24.7. The third-order valence-electron chi connectivity index (χ3n) is 11.8. The molecule has 0 spiro atoms. The Labute approximate surface area is 430 Å². The van der Waals surface area contributed by atoms with Crippen LogP contribution in [-0.4, -0.2) is 108 Å². The number of ether oxygens (including phenoxy) is 4. The van der Waals surface area contributed by atoms with Crippen LogP contribution in [0.5, 0.6) is 0 Å². The molecular formula is C57H62N4O13. The van der Waals surface area contributed by atoms with Crippen LogP contribution in [0.3, 0.4) is 0 Å². The second-order valence-electron chi connectivity index (χ2n) is 17.6. The molecule has 388 valence electrons. The smallest absolute Gasteiger partial charge is 0.333 e. The van der Waals surface area contributed by atoms with E-state index in [-0.39, 0.29) is 70.9 Å². The highest BCUT2D eigenvalue weighted by Crippen LogP contribution is 2.27. The fourth-order valence-electron chi connectivity index (χ4n) is 7.98. The van der Waals surface area contributed by atoms with Gasteiger partial charge in [0.15, 0.2) is 6.10 Å². The number of hydrogen-bond acceptors (Lipinski definition) is 15. The van der Waals surface area contributed by atoms with Crippen LogP contribution in [0.15, 0.2) is 152 Å². The second kappa shape index (κ2) is 30.1. The molecule has 17 nitrogen and oxygen atoms in total. The Morgan fingerprint density at radius 2 is 0.932 bits per heavy atom. The summed E-state index contributed by atoms with van der Waals surface area (Å²) in [6, 6.07) is 44.8. The summed E-state index contributed by atoms with van der Waals surface area (Å²) in [4.78, 5) is 113. The second-order valence-corrected chi connectivity index (χ2v) is 17.6. The minimum atomic E-state index is -0.867. The van der Waals surface area contributed by atoms with E-state index in [9.17, 15) is 38.4 Å². The van der Waals surface area contributed by atoms with Gasteiger partial charge in [0.2, 0.25) is 5.91 Å². The molecule has 74 heavy (non-hydrogen) atoms. The third kappa shape index (κ3) is 19.5. The molecule has 1 aliphatic rings. The van der Waals surface area contributed by atoms with E-state index in [0.29, 0.717) is 35.5 Å². The summed E-state index contributed by atoms with van der Waals surface area (Å²) in [5, 5.41) is 3.39. The Morgan fingerprint density at radius 1 is 0.500 bits per heavy atom. The lowest BCUT2D eigenvalue weighted by Gasteiger charge is -2.34. The van der Waals surface area contributed by atoms with Gasteiger partial charge >= 0.3 is 29.8 Å². The number of benzene rings is 5. The van der Waals surface area contributed by atoms with Crippen LogP contribution in [0, 0.1) is 0 Å². The van der Waals surface area contributed by atoms with E-state index in [1.54, 1.807) is 12.1 Å². The van der Waals surface area contributed by atoms with E-state index in [1.807, 2.05) is 140 Å². The summed E-state index contributed by atoms with van der Waals surface area (Å²) in [7, 11) is 0. The standard InChI is InChI=1S/C57H62N4O13/c62-49(58-34-18-6-17-29-52(65)74-61-50(63)32-33-51(61)64)31-30-48(35-59(36-53(66)70-40-43-19-7-1-8-20-43)37-54(67)71-41-44-21-9-2-10-22-44)60(38-55(68)72-42-45-23-11-3-12-24-45)39-56(69)73-57(46-25-13-4-14-26-46)47-27-15-5-16-28-47/h1-5,7-16,19-28,48,57H,6,17-18,29-42H2,(H,58,62). The number of unbranched alkanes of at least 4 members (excludes halogenated alkanes) is 2. The van der Waals surface area contributed by atoms with Crippen molar-refractivity contribution in [3.63, 3.8) is 0 Å². The molecule has 1 saturated heterocycles. The largest absolute Gasteiger partial charge is 0.460 e. The summed E-state index contributed by atoms with van der Waals surface area (Å²) < 4.78 is 23.3. The number of imide groups is 1. The zero-order valence-electron chi connectivity index (χ0n) is 41.3. The van der Waals surface area contributed by atoms with E-state index in [4.69, 9.17) is 23.8 Å². The van der Waals surface area contributed by atoms with Crippen molar-refractivity contribution in [1.82, 2.24) is 20.2 Å². The topological polar surface area (TPSA) is 204 Å². The molecule has 1 unspecified atom stereocenters. The lowest BCUT2D eigenvalue weighted by atomic mass is 10.0. The number of esters is 4. The molecule has 6 rings (SSSR count). The summed E-state index contributed by atoms with van der Waals surface area (Å²) in [6.07, 6.45) is 0.439. The van der Waals surface area contributed by atoms with Crippen LogP contribution in [0.1, 0.15) is 85.3 Å². The first-order valence-electron chi connectivity index (χ1n) is 24.7. The predicted octanol–water partition coefficient (Wildman–Crippen LogP) is 6.59. The molecule has 0 aliphatic carbocycles. The van der Waals surface area contributed by atoms with Crippen LogP contribution in [0.25, 0.3) is 0 Å². The van der Waals surface area contributed by atoms with Crippen molar-refractivity contribution in [2.45, 2.75) is 83.3 Å². The van der Waals surface area contributed by atoms with Gasteiger partial charge in [0.1, 0.15) is 19.8 Å². The Kier molecular flexibility index (Phi) is 22.5. The zero-order valence-corrected chi connectivity index (χ0v) is 41.3. The van der Waals surface area contributed by atoms with Gasteiger partial charge in [0.25, 0.3) is 11.8 Å². The van der Waals surface area contributed by atoms with Gasteiger partial charge in [-0.05, 0) is 47.1 Å². The highest BCUT2D eigenvalue weighted by Gasteiger charge is 2.33. The van der Waals surface area contributed by atoms with Gasteiger partial charge in [0.05, 0.1) is 26.2 Å². The van der Waals surface area contributed by atoms with Crippen molar-refractivity contribution >= 4 is 47.6 Å². The molecule has 1 atom stereocenters. The third-order valence-corrected chi connectivity index (χ3v) is 11.8. The first-order chi connectivity index (χ1) is 36.0. The molecule has 0 saturated carbocycles. The number of amides is 3. The molecule has 5 aromatic rings. The summed E-state index contributed by atoms with van der Waals surface area (Å²) in [5.41, 5.74) is 3.64. The fourth-order valence-corrected chi connectivity index (χ4v) is 7.98. The maximum absolute atomic E-state index is 14.4. The van der Waals surface area contributed by atoms with E-state index in [2.05, 4.69) is 5.32 Å². The SMILES string of the molecule is O=C(CCC(CN(CC(=O)OCc1ccccc1)CC(=O)OCc1ccccc1)N(CC(=O)OCc1ccccc1)CC(=O)OC(c1ccccc1)c1ccccc1)NCCCCCC(=O)ON1C(=O)CCC1=O. The fraction of sp³-hybridized carbons (Fsp3) is 0.333. The first kappa shape index (κ1) is 55.3. The molecule has 17 heteroatoms. The average Bonchev–Trinajstić information content (AvgIpc) is 3.73. The van der Waals surface area contributed by atoms with E-state index in [0.717, 1.165) is 16.7 Å². The lowest BCUT2D eigenvalue weighted by molar-refractivity contribution is -0.197. The summed E-state index contributed by atoms with van der Waals surface area (Å²) in [5.74, 6) is -4.89. The molecular weight excluding hydrogens is 949 g/mol. The van der Waals surface area contributed by atoms with Crippen molar-refractivity contribution in [3.05, 3.63) is 179 Å². The van der Waals surface area contributed by atoms with Crippen LogP contribution < -0.4 is 5.32 Å². The molecule has 1 heterocycles. The van der Waals surface area contributed by atoms with E-state index in [1.165, 1.54) is 9.80 Å².